The minimum Gasteiger partial charge on any atom is -0.481 e. The summed E-state index contributed by atoms with van der Waals surface area (Å²) in [5, 5.41) is 20.1. The van der Waals surface area contributed by atoms with Crippen LogP contribution in [0.1, 0.15) is 46.0 Å². The quantitative estimate of drug-likeness (QED) is 0.617. The molecule has 1 aliphatic heterocycles. The molecule has 2 amide bonds. The molecule has 1 fully saturated rings. The molecule has 8 nitrogen and oxygen atoms in total. The number of carbonyl (C=O) groups is 4. The minimum absolute atomic E-state index is 0.160. The Morgan fingerprint density at radius 2 is 1.91 bits per heavy atom. The summed E-state index contributed by atoms with van der Waals surface area (Å²) < 4.78 is 0. The third-order valence-corrected chi connectivity index (χ3v) is 3.98. The molecule has 0 saturated carbocycles. The van der Waals surface area contributed by atoms with Crippen LogP contribution in [-0.2, 0) is 19.2 Å². The monoisotopic (exact) mass is 314 g/mol. The zero-order valence-corrected chi connectivity index (χ0v) is 12.8. The van der Waals surface area contributed by atoms with Crippen LogP contribution in [0.15, 0.2) is 0 Å². The van der Waals surface area contributed by atoms with E-state index in [1.807, 2.05) is 0 Å². The molecule has 1 saturated heterocycles. The summed E-state index contributed by atoms with van der Waals surface area (Å²) in [6.07, 6.45) is 0.836. The Hall–Kier alpha value is -2.12. The molecule has 22 heavy (non-hydrogen) atoms. The van der Waals surface area contributed by atoms with Crippen LogP contribution in [0.2, 0.25) is 0 Å². The fourth-order valence-electron chi connectivity index (χ4n) is 2.63. The number of hydrogen-bond acceptors (Lipinski definition) is 4. The molecule has 0 radical (unpaired) electrons. The average Bonchev–Trinajstić information content (AvgIpc) is 2.85. The van der Waals surface area contributed by atoms with Gasteiger partial charge in [-0.25, -0.2) is 4.79 Å². The van der Waals surface area contributed by atoms with Crippen molar-refractivity contribution in [2.75, 3.05) is 6.54 Å². The highest BCUT2D eigenvalue weighted by atomic mass is 16.4. The average molecular weight is 314 g/mol. The van der Waals surface area contributed by atoms with Crippen LogP contribution in [-0.4, -0.2) is 57.0 Å². The number of carboxylic acids is 2. The zero-order chi connectivity index (χ0) is 16.9. The standard InChI is InChI=1S/C14H22N2O6/c1-3-10(17)16-8-4-7-14(16,2)13(22)15-9(12(20)21)5-6-11(18)19/h9H,3-8H2,1-2H3,(H,15,22)(H,18,19)(H,20,21)/t9-,14-/m0/s1. The van der Waals surface area contributed by atoms with E-state index in [4.69, 9.17) is 10.2 Å². The Balaban J connectivity index is 2.81. The van der Waals surface area contributed by atoms with Gasteiger partial charge < -0.3 is 20.4 Å². The number of carbonyl (C=O) groups excluding carboxylic acids is 2. The fourth-order valence-corrected chi connectivity index (χ4v) is 2.63. The highest BCUT2D eigenvalue weighted by molar-refractivity contribution is 5.94. The van der Waals surface area contributed by atoms with Crippen LogP contribution >= 0.6 is 0 Å². The van der Waals surface area contributed by atoms with Gasteiger partial charge in [-0.05, 0) is 26.2 Å². The van der Waals surface area contributed by atoms with Gasteiger partial charge in [-0.3, -0.25) is 14.4 Å². The van der Waals surface area contributed by atoms with E-state index in [0.29, 0.717) is 19.4 Å². The molecule has 0 unspecified atom stereocenters. The largest absolute Gasteiger partial charge is 0.481 e. The van der Waals surface area contributed by atoms with Gasteiger partial charge in [0, 0.05) is 19.4 Å². The highest BCUT2D eigenvalue weighted by Gasteiger charge is 2.46. The molecule has 0 aliphatic carbocycles. The molecular weight excluding hydrogens is 292 g/mol. The van der Waals surface area contributed by atoms with Crippen LogP contribution in [0.4, 0.5) is 0 Å². The summed E-state index contributed by atoms with van der Waals surface area (Å²) >= 11 is 0. The minimum atomic E-state index is -1.29. The van der Waals surface area contributed by atoms with Gasteiger partial charge in [0.25, 0.3) is 0 Å². The molecule has 1 heterocycles. The van der Waals surface area contributed by atoms with Crippen molar-refractivity contribution in [1.29, 1.82) is 0 Å². The van der Waals surface area contributed by atoms with E-state index in [0.717, 1.165) is 0 Å². The van der Waals surface area contributed by atoms with E-state index in [1.54, 1.807) is 13.8 Å². The third kappa shape index (κ3) is 3.96. The summed E-state index contributed by atoms with van der Waals surface area (Å²) in [5.74, 6) is -3.13. The van der Waals surface area contributed by atoms with Crippen molar-refractivity contribution < 1.29 is 29.4 Å². The summed E-state index contributed by atoms with van der Waals surface area (Å²) in [7, 11) is 0. The van der Waals surface area contributed by atoms with Gasteiger partial charge in [0.2, 0.25) is 11.8 Å². The molecule has 3 N–H and O–H groups in total. The molecule has 1 aliphatic rings. The van der Waals surface area contributed by atoms with Crippen molar-refractivity contribution in [3.8, 4) is 0 Å². The second kappa shape index (κ2) is 7.24. The molecule has 2 atom stereocenters. The van der Waals surface area contributed by atoms with E-state index in [-0.39, 0.29) is 25.2 Å². The van der Waals surface area contributed by atoms with E-state index >= 15 is 0 Å². The topological polar surface area (TPSA) is 124 Å². The number of amides is 2. The Bertz CT molecular complexity index is 478. The van der Waals surface area contributed by atoms with Crippen LogP contribution in [0.5, 0.6) is 0 Å². The van der Waals surface area contributed by atoms with Crippen LogP contribution in [0, 0.1) is 0 Å². The molecule has 0 aromatic rings. The Morgan fingerprint density at radius 3 is 2.41 bits per heavy atom. The van der Waals surface area contributed by atoms with Gasteiger partial charge in [0.05, 0.1) is 0 Å². The van der Waals surface area contributed by atoms with Crippen molar-refractivity contribution in [1.82, 2.24) is 10.2 Å². The first kappa shape index (κ1) is 17.9. The summed E-state index contributed by atoms with van der Waals surface area (Å²) in [6, 6.07) is -1.28. The van der Waals surface area contributed by atoms with Crippen molar-refractivity contribution >= 4 is 23.8 Å². The van der Waals surface area contributed by atoms with Crippen molar-refractivity contribution in [3.05, 3.63) is 0 Å². The van der Waals surface area contributed by atoms with Crippen molar-refractivity contribution in [2.24, 2.45) is 0 Å². The Morgan fingerprint density at radius 1 is 1.27 bits per heavy atom. The summed E-state index contributed by atoms with van der Waals surface area (Å²) in [6.45, 7) is 3.77. The van der Waals surface area contributed by atoms with Crippen molar-refractivity contribution in [2.45, 2.75) is 57.5 Å². The number of aliphatic carboxylic acids is 2. The van der Waals surface area contributed by atoms with Crippen molar-refractivity contribution in [3.63, 3.8) is 0 Å². The molecule has 0 bridgehead atoms. The van der Waals surface area contributed by atoms with Crippen LogP contribution in [0.3, 0.4) is 0 Å². The van der Waals surface area contributed by atoms with Gasteiger partial charge in [-0.2, -0.15) is 0 Å². The lowest BCUT2D eigenvalue weighted by Crippen LogP contribution is -2.58. The predicted octanol–water partition coefficient (Wildman–Crippen LogP) is 0.212. The first-order chi connectivity index (χ1) is 10.2. The second-order valence-electron chi connectivity index (χ2n) is 5.57. The summed E-state index contributed by atoms with van der Waals surface area (Å²) in [5.41, 5.74) is -1.08. The van der Waals surface area contributed by atoms with Crippen LogP contribution < -0.4 is 5.32 Å². The van der Waals surface area contributed by atoms with Gasteiger partial charge in [0.15, 0.2) is 0 Å². The maximum absolute atomic E-state index is 12.4. The summed E-state index contributed by atoms with van der Waals surface area (Å²) in [4.78, 5) is 47.5. The molecule has 124 valence electrons. The number of likely N-dealkylation sites (tertiary alicyclic amines) is 1. The second-order valence-corrected chi connectivity index (χ2v) is 5.57. The lowest BCUT2D eigenvalue weighted by molar-refractivity contribution is -0.147. The number of nitrogens with one attached hydrogen (secondary N) is 1. The van der Waals surface area contributed by atoms with E-state index in [2.05, 4.69) is 5.32 Å². The predicted molar refractivity (Wildman–Crippen MR) is 76.1 cm³/mol. The van der Waals surface area contributed by atoms with E-state index < -0.39 is 29.4 Å². The third-order valence-electron chi connectivity index (χ3n) is 3.98. The van der Waals surface area contributed by atoms with Gasteiger partial charge in [-0.1, -0.05) is 6.92 Å². The normalized spacial score (nSPS) is 22.2. The fraction of sp³-hybridized carbons (Fsp3) is 0.714. The van der Waals surface area contributed by atoms with Crippen LogP contribution in [0.25, 0.3) is 0 Å². The SMILES string of the molecule is CCC(=O)N1CCC[C@@]1(C)C(=O)N[C@@H](CCC(=O)O)C(=O)O. The maximum atomic E-state index is 12.4. The lowest BCUT2D eigenvalue weighted by atomic mass is 9.96. The molecule has 0 aromatic heterocycles. The number of carboxylic acid groups (broad SMARTS) is 2. The molecular formula is C14H22N2O6. The Labute approximate surface area is 128 Å². The molecule has 1 rings (SSSR count). The zero-order valence-electron chi connectivity index (χ0n) is 12.8. The maximum Gasteiger partial charge on any atom is 0.326 e. The van der Waals surface area contributed by atoms with Gasteiger partial charge in [-0.15, -0.1) is 0 Å². The molecule has 0 aromatic carbocycles. The molecule has 0 spiro atoms. The van der Waals surface area contributed by atoms with E-state index in [1.165, 1.54) is 4.90 Å². The Kier molecular flexibility index (Phi) is 5.90. The van der Waals surface area contributed by atoms with Gasteiger partial charge in [0.1, 0.15) is 11.6 Å². The number of rotatable bonds is 7. The highest BCUT2D eigenvalue weighted by Crippen LogP contribution is 2.30. The number of nitrogens with zero attached hydrogens (tertiary/aromatic N) is 1. The lowest BCUT2D eigenvalue weighted by Gasteiger charge is -2.34. The molecule has 8 heteroatoms. The van der Waals surface area contributed by atoms with Gasteiger partial charge >= 0.3 is 11.9 Å². The number of hydrogen-bond donors (Lipinski definition) is 3. The first-order valence-corrected chi connectivity index (χ1v) is 7.28. The smallest absolute Gasteiger partial charge is 0.326 e. The first-order valence-electron chi connectivity index (χ1n) is 7.28. The van der Waals surface area contributed by atoms with E-state index in [9.17, 15) is 19.2 Å².